The highest BCUT2D eigenvalue weighted by Crippen LogP contribution is 2.07. The van der Waals surface area contributed by atoms with Crippen molar-refractivity contribution < 1.29 is 14.4 Å². The molecular weight excluding hydrogens is 514 g/mol. The summed E-state index contributed by atoms with van der Waals surface area (Å²) in [5.74, 6) is 1.10. The van der Waals surface area contributed by atoms with Gasteiger partial charge in [-0.15, -0.1) is 0 Å². The van der Waals surface area contributed by atoms with Gasteiger partial charge >= 0.3 is 0 Å². The van der Waals surface area contributed by atoms with E-state index in [0.717, 1.165) is 57.4 Å². The summed E-state index contributed by atoms with van der Waals surface area (Å²) in [5, 5.41) is 16.9. The molecule has 0 saturated heterocycles. The van der Waals surface area contributed by atoms with Crippen LogP contribution in [0.4, 0.5) is 0 Å². The molecule has 240 valence electrons. The second-order valence-electron chi connectivity index (χ2n) is 10.6. The van der Waals surface area contributed by atoms with E-state index >= 15 is 0 Å². The van der Waals surface area contributed by atoms with Crippen molar-refractivity contribution in [3.63, 3.8) is 0 Å². The van der Waals surface area contributed by atoms with Crippen LogP contribution in [0.25, 0.3) is 0 Å². The van der Waals surface area contributed by atoms with Crippen molar-refractivity contribution in [2.75, 3.05) is 46.2 Å². The Morgan fingerprint density at radius 1 is 0.525 bits per heavy atom. The van der Waals surface area contributed by atoms with Crippen molar-refractivity contribution in [3.8, 4) is 0 Å². The van der Waals surface area contributed by atoms with Crippen LogP contribution >= 0.6 is 12.0 Å². The highest BCUT2D eigenvalue weighted by Gasteiger charge is 1.93. The molecule has 0 aliphatic rings. The summed E-state index contributed by atoms with van der Waals surface area (Å²) in [7, 11) is 4.22. The predicted molar refractivity (Wildman–Crippen MR) is 183 cm³/mol. The van der Waals surface area contributed by atoms with Gasteiger partial charge in [-0.3, -0.25) is 0 Å². The van der Waals surface area contributed by atoms with Gasteiger partial charge in [-0.1, -0.05) is 95.8 Å². The van der Waals surface area contributed by atoms with Crippen molar-refractivity contribution in [2.45, 2.75) is 143 Å². The molecule has 0 aliphatic carbocycles. The van der Waals surface area contributed by atoms with Gasteiger partial charge < -0.3 is 19.3 Å². The molecule has 0 aromatic heterocycles. The Labute approximate surface area is 256 Å². The van der Waals surface area contributed by atoms with Crippen molar-refractivity contribution >= 4 is 12.0 Å². The Morgan fingerprint density at radius 2 is 0.900 bits per heavy atom. The van der Waals surface area contributed by atoms with E-state index in [0.29, 0.717) is 13.2 Å². The van der Waals surface area contributed by atoms with Crippen LogP contribution in [0.1, 0.15) is 143 Å². The van der Waals surface area contributed by atoms with Gasteiger partial charge in [0.15, 0.2) is 0 Å². The van der Waals surface area contributed by atoms with Crippen molar-refractivity contribution in [1.82, 2.24) is 4.90 Å². The Hall–Kier alpha value is -0.590. The van der Waals surface area contributed by atoms with Gasteiger partial charge in [-0.25, -0.2) is 0 Å². The first-order valence-corrected chi connectivity index (χ1v) is 17.6. The van der Waals surface area contributed by atoms with Crippen LogP contribution in [-0.2, 0) is 4.18 Å². The van der Waals surface area contributed by atoms with E-state index in [2.05, 4.69) is 76.2 Å². The van der Waals surface area contributed by atoms with Crippen molar-refractivity contribution in [2.24, 2.45) is 0 Å². The highest BCUT2D eigenvalue weighted by molar-refractivity contribution is 7.94. The molecule has 40 heavy (non-hydrogen) atoms. The maximum absolute atomic E-state index is 8.47. The average molecular weight is 586 g/mol. The molecule has 4 nitrogen and oxygen atoms in total. The quantitative estimate of drug-likeness (QED) is 0.0570. The molecular formula is C35H71NO3S. The zero-order valence-corrected chi connectivity index (χ0v) is 28.4. The predicted octanol–water partition coefficient (Wildman–Crippen LogP) is 10.3. The third-order valence-electron chi connectivity index (χ3n) is 6.00. The summed E-state index contributed by atoms with van der Waals surface area (Å²) in [5.41, 5.74) is 0. The largest absolute Gasteiger partial charge is 0.396 e. The minimum atomic E-state index is 0.319. The van der Waals surface area contributed by atoms with E-state index in [-0.39, 0.29) is 0 Å². The fourth-order valence-electron chi connectivity index (χ4n) is 3.48. The number of hydrogen-bond donors (Lipinski definition) is 2. The van der Waals surface area contributed by atoms with Crippen molar-refractivity contribution in [3.05, 3.63) is 36.5 Å². The number of nitrogens with zero attached hydrogens (tertiary/aromatic N) is 1. The molecule has 0 aromatic rings. The smallest absolute Gasteiger partial charge is 0.0616 e. The lowest BCUT2D eigenvalue weighted by atomic mass is 10.2. The van der Waals surface area contributed by atoms with Crippen LogP contribution in [0, 0.1) is 0 Å². The lowest BCUT2D eigenvalue weighted by Crippen LogP contribution is -2.13. The first-order valence-electron chi connectivity index (χ1n) is 16.7. The normalized spacial score (nSPS) is 11.4. The lowest BCUT2D eigenvalue weighted by Gasteiger charge is -2.08. The Bertz CT molecular complexity index is 471. The number of unbranched alkanes of at least 4 members (excludes halogenated alkanes) is 12. The standard InChI is InChI=1S/C15H31NOS.2C10H20O/c1-4-5-6-7-8-9-10-11-14-17-18-15-12-13-16(2)3;2*1-2-3-4-5-6-7-8-9-10-11/h8-9H,4-7,10-15H2,1-3H3;2*6-7,11H,2-5,8-10H2,1H3/b9-8-;2*7-6-. The summed E-state index contributed by atoms with van der Waals surface area (Å²) < 4.78 is 5.52. The van der Waals surface area contributed by atoms with Crippen molar-refractivity contribution in [1.29, 1.82) is 0 Å². The monoisotopic (exact) mass is 586 g/mol. The summed E-state index contributed by atoms with van der Waals surface area (Å²) in [6.45, 7) is 9.35. The molecule has 0 radical (unpaired) electrons. The fourth-order valence-corrected chi connectivity index (χ4v) is 4.08. The molecule has 0 saturated carbocycles. The first-order chi connectivity index (χ1) is 19.6. The summed E-state index contributed by atoms with van der Waals surface area (Å²) in [6, 6.07) is 0. The molecule has 0 fully saturated rings. The SMILES string of the molecule is CCCCC/C=C\CCCO.CCCCC/C=C\CCCO.CCCCC/C=C\CCCOSCCCN(C)C. The minimum absolute atomic E-state index is 0.319. The zero-order valence-electron chi connectivity index (χ0n) is 27.6. The third kappa shape index (κ3) is 53.6. The molecule has 2 N–H and O–H groups in total. The minimum Gasteiger partial charge on any atom is -0.396 e. The Kier molecular flexibility index (Phi) is 49.8. The molecule has 5 heteroatoms. The molecule has 0 bridgehead atoms. The molecule has 0 rings (SSSR count). The zero-order chi connectivity index (χ0) is 30.2. The average Bonchev–Trinajstić information content (AvgIpc) is 2.95. The highest BCUT2D eigenvalue weighted by atomic mass is 32.2. The molecule has 0 aromatic carbocycles. The maximum atomic E-state index is 8.47. The van der Waals surface area contributed by atoms with E-state index in [1.165, 1.54) is 83.5 Å². The Balaban J connectivity index is -0.000000541. The van der Waals surface area contributed by atoms with Crippen LogP contribution in [-0.4, -0.2) is 61.3 Å². The second-order valence-corrected chi connectivity index (χ2v) is 11.5. The number of hydrogen-bond acceptors (Lipinski definition) is 5. The third-order valence-corrected chi connectivity index (χ3v) is 6.78. The van der Waals surface area contributed by atoms with Gasteiger partial charge in [-0.05, 0) is 116 Å². The van der Waals surface area contributed by atoms with E-state index in [9.17, 15) is 0 Å². The van der Waals surface area contributed by atoms with Crippen LogP contribution < -0.4 is 0 Å². The number of aliphatic hydroxyl groups is 2. The van der Waals surface area contributed by atoms with E-state index < -0.39 is 0 Å². The number of rotatable bonds is 27. The van der Waals surface area contributed by atoms with Crippen LogP contribution in [0.5, 0.6) is 0 Å². The molecule has 0 spiro atoms. The lowest BCUT2D eigenvalue weighted by molar-refractivity contribution is 0.289. The maximum Gasteiger partial charge on any atom is 0.0616 e. The summed E-state index contributed by atoms with van der Waals surface area (Å²) in [4.78, 5) is 2.21. The molecule has 0 unspecified atom stereocenters. The summed E-state index contributed by atoms with van der Waals surface area (Å²) in [6.07, 6.45) is 36.4. The number of allylic oxidation sites excluding steroid dienone is 6. The van der Waals surface area contributed by atoms with E-state index in [1.54, 1.807) is 12.0 Å². The second kappa shape index (κ2) is 45.4. The van der Waals surface area contributed by atoms with Gasteiger partial charge in [0.05, 0.1) is 6.61 Å². The van der Waals surface area contributed by atoms with Gasteiger partial charge in [0.2, 0.25) is 0 Å². The van der Waals surface area contributed by atoms with E-state index in [1.807, 2.05) is 0 Å². The molecule has 0 heterocycles. The number of aliphatic hydroxyl groups excluding tert-OH is 2. The van der Waals surface area contributed by atoms with Gasteiger partial charge in [0, 0.05) is 19.0 Å². The topological polar surface area (TPSA) is 52.9 Å². The van der Waals surface area contributed by atoms with Gasteiger partial charge in [0.1, 0.15) is 0 Å². The molecule has 0 atom stereocenters. The van der Waals surface area contributed by atoms with Crippen LogP contribution in [0.3, 0.4) is 0 Å². The molecule has 0 amide bonds. The van der Waals surface area contributed by atoms with Crippen LogP contribution in [0.15, 0.2) is 36.5 Å². The first kappa shape index (κ1) is 43.9. The Morgan fingerprint density at radius 3 is 1.25 bits per heavy atom. The fraction of sp³-hybridized carbons (Fsp3) is 0.829. The molecule has 0 aliphatic heterocycles. The van der Waals surface area contributed by atoms with Gasteiger partial charge in [0.25, 0.3) is 0 Å². The van der Waals surface area contributed by atoms with Gasteiger partial charge in [-0.2, -0.15) is 0 Å². The van der Waals surface area contributed by atoms with E-state index in [4.69, 9.17) is 14.4 Å². The van der Waals surface area contributed by atoms with Crippen LogP contribution in [0.2, 0.25) is 0 Å². The summed E-state index contributed by atoms with van der Waals surface area (Å²) >= 11 is 1.62.